The van der Waals surface area contributed by atoms with Gasteiger partial charge in [-0.2, -0.15) is 0 Å². The molecule has 0 aromatic rings. The normalized spacial score (nSPS) is 18.6. The van der Waals surface area contributed by atoms with Crippen LogP contribution in [0.2, 0.25) is 0 Å². The van der Waals surface area contributed by atoms with E-state index in [9.17, 15) is 9.90 Å². The second-order valence-corrected chi connectivity index (χ2v) is 8.63. The van der Waals surface area contributed by atoms with E-state index in [0.29, 0.717) is 44.8 Å². The number of carbonyl (C=O) groups is 1. The number of unbranched alkanes of at least 4 members (excludes halogenated alkanes) is 2. The lowest BCUT2D eigenvalue weighted by Gasteiger charge is -2.19. The number of ether oxygens (including phenoxy) is 7. The number of cyclic esters (lactones) is 1. The molecule has 3 unspecified atom stereocenters. The molecule has 1 heterocycles. The van der Waals surface area contributed by atoms with Crippen LogP contribution in [0.15, 0.2) is 11.6 Å². The Morgan fingerprint density at radius 3 is 2.00 bits per heavy atom. The summed E-state index contributed by atoms with van der Waals surface area (Å²) in [6, 6.07) is 0. The standard InChI is InChI=1S/C25H46O9/c1-5-6-10-23(32-18-28-3)16-30-12-13-31-17-24(33-19-29-4)11-8-7-9-22(26)15-21-14-20(2)34-25(21)27/h14,20,22-24,26H,5-13,15-19H2,1-4H3/t20-,22?,23?,24?/m0/s1. The van der Waals surface area contributed by atoms with E-state index >= 15 is 0 Å². The van der Waals surface area contributed by atoms with Gasteiger partial charge >= 0.3 is 5.97 Å². The summed E-state index contributed by atoms with van der Waals surface area (Å²) in [7, 11) is 3.20. The van der Waals surface area contributed by atoms with Crippen LogP contribution in [0.1, 0.15) is 65.2 Å². The number of methoxy groups -OCH3 is 2. The summed E-state index contributed by atoms with van der Waals surface area (Å²) in [6.45, 7) is 6.37. The first-order chi connectivity index (χ1) is 16.5. The maximum Gasteiger partial charge on any atom is 0.334 e. The minimum atomic E-state index is -0.551. The van der Waals surface area contributed by atoms with E-state index in [2.05, 4.69) is 6.92 Å². The van der Waals surface area contributed by atoms with Gasteiger partial charge in [0.15, 0.2) is 0 Å². The van der Waals surface area contributed by atoms with Gasteiger partial charge in [-0.15, -0.1) is 0 Å². The molecule has 34 heavy (non-hydrogen) atoms. The lowest BCUT2D eigenvalue weighted by atomic mass is 10.0. The third-order valence-corrected chi connectivity index (χ3v) is 5.46. The number of rotatable bonds is 23. The van der Waals surface area contributed by atoms with E-state index in [0.717, 1.165) is 38.5 Å². The van der Waals surface area contributed by atoms with Crippen molar-refractivity contribution in [2.24, 2.45) is 0 Å². The van der Waals surface area contributed by atoms with E-state index < -0.39 is 6.10 Å². The first-order valence-electron chi connectivity index (χ1n) is 12.5. The average Bonchev–Trinajstić information content (AvgIpc) is 3.13. The van der Waals surface area contributed by atoms with Crippen molar-refractivity contribution in [3.8, 4) is 0 Å². The Morgan fingerprint density at radius 2 is 1.50 bits per heavy atom. The molecule has 0 saturated heterocycles. The van der Waals surface area contributed by atoms with Crippen molar-refractivity contribution in [1.29, 1.82) is 0 Å². The Bertz CT molecular complexity index is 532. The van der Waals surface area contributed by atoms with Crippen molar-refractivity contribution in [1.82, 2.24) is 0 Å². The fourth-order valence-electron chi connectivity index (χ4n) is 3.63. The smallest absolute Gasteiger partial charge is 0.334 e. The molecule has 200 valence electrons. The minimum Gasteiger partial charge on any atom is -0.455 e. The molecular weight excluding hydrogens is 444 g/mol. The predicted octanol–water partition coefficient (Wildman–Crippen LogP) is 3.37. The van der Waals surface area contributed by atoms with Gasteiger partial charge in [-0.25, -0.2) is 4.79 Å². The molecule has 0 radical (unpaired) electrons. The van der Waals surface area contributed by atoms with Gasteiger partial charge in [-0.05, 0) is 32.3 Å². The number of hydrogen-bond acceptors (Lipinski definition) is 9. The Kier molecular flexibility index (Phi) is 18.4. The molecule has 9 nitrogen and oxygen atoms in total. The summed E-state index contributed by atoms with van der Waals surface area (Å²) in [5.74, 6) is -0.320. The van der Waals surface area contributed by atoms with Crippen LogP contribution in [0.4, 0.5) is 0 Å². The maximum atomic E-state index is 11.7. The number of aliphatic hydroxyl groups excluding tert-OH is 1. The van der Waals surface area contributed by atoms with Crippen LogP contribution in [-0.2, 0) is 38.0 Å². The van der Waals surface area contributed by atoms with Crippen molar-refractivity contribution in [2.45, 2.75) is 89.6 Å². The van der Waals surface area contributed by atoms with Crippen LogP contribution in [0, 0.1) is 0 Å². The van der Waals surface area contributed by atoms with Crippen molar-refractivity contribution in [3.05, 3.63) is 11.6 Å². The zero-order chi connectivity index (χ0) is 25.0. The summed E-state index contributed by atoms with van der Waals surface area (Å²) in [5.41, 5.74) is 0.568. The molecule has 1 rings (SSSR count). The van der Waals surface area contributed by atoms with Crippen LogP contribution in [0.25, 0.3) is 0 Å². The van der Waals surface area contributed by atoms with Gasteiger partial charge in [-0.3, -0.25) is 0 Å². The molecule has 0 aliphatic carbocycles. The number of hydrogen-bond donors (Lipinski definition) is 1. The third-order valence-electron chi connectivity index (χ3n) is 5.46. The second kappa shape index (κ2) is 20.2. The predicted molar refractivity (Wildman–Crippen MR) is 127 cm³/mol. The molecule has 0 spiro atoms. The Hall–Kier alpha value is -1.07. The average molecular weight is 491 g/mol. The van der Waals surface area contributed by atoms with Gasteiger partial charge in [0.05, 0.1) is 44.7 Å². The quantitative estimate of drug-likeness (QED) is 0.131. The van der Waals surface area contributed by atoms with Crippen molar-refractivity contribution < 1.29 is 43.1 Å². The number of carbonyl (C=O) groups excluding carboxylic acids is 1. The first kappa shape index (κ1) is 31.0. The van der Waals surface area contributed by atoms with E-state index in [1.54, 1.807) is 20.3 Å². The summed E-state index contributed by atoms with van der Waals surface area (Å²) in [6.07, 6.45) is 7.58. The van der Waals surface area contributed by atoms with E-state index in [-0.39, 0.29) is 37.9 Å². The summed E-state index contributed by atoms with van der Waals surface area (Å²) in [4.78, 5) is 11.7. The van der Waals surface area contributed by atoms with Gasteiger partial charge in [0.1, 0.15) is 19.7 Å². The van der Waals surface area contributed by atoms with Gasteiger partial charge in [0.25, 0.3) is 0 Å². The lowest BCUT2D eigenvalue weighted by Crippen LogP contribution is -2.24. The molecule has 1 aliphatic heterocycles. The highest BCUT2D eigenvalue weighted by atomic mass is 16.7. The second-order valence-electron chi connectivity index (χ2n) is 8.63. The molecule has 0 saturated carbocycles. The fraction of sp³-hybridized carbons (Fsp3) is 0.880. The number of esters is 1. The SMILES string of the molecule is CCCCC(COCCOCC(CCCCC(O)CC1=C[C@H](C)OC1=O)OCOC)OCOC. The number of aliphatic hydroxyl groups is 1. The molecule has 0 bridgehead atoms. The van der Waals surface area contributed by atoms with Crippen LogP contribution in [-0.4, -0.2) is 89.7 Å². The zero-order valence-electron chi connectivity index (χ0n) is 21.5. The van der Waals surface area contributed by atoms with Crippen LogP contribution in [0.3, 0.4) is 0 Å². The van der Waals surface area contributed by atoms with Crippen LogP contribution < -0.4 is 0 Å². The maximum absolute atomic E-state index is 11.7. The van der Waals surface area contributed by atoms with Crippen molar-refractivity contribution in [2.75, 3.05) is 54.2 Å². The highest BCUT2D eigenvalue weighted by Crippen LogP contribution is 2.20. The van der Waals surface area contributed by atoms with Gasteiger partial charge in [-0.1, -0.05) is 32.6 Å². The molecule has 0 fully saturated rings. The molecule has 9 heteroatoms. The van der Waals surface area contributed by atoms with Gasteiger partial charge in [0.2, 0.25) is 0 Å². The molecule has 4 atom stereocenters. The molecule has 0 aromatic carbocycles. The topological polar surface area (TPSA) is 102 Å². The van der Waals surface area contributed by atoms with E-state index in [1.165, 1.54) is 0 Å². The Morgan fingerprint density at radius 1 is 0.941 bits per heavy atom. The lowest BCUT2D eigenvalue weighted by molar-refractivity contribution is -0.139. The molecule has 0 aromatic heterocycles. The molecule has 1 N–H and O–H groups in total. The summed E-state index contributed by atoms with van der Waals surface area (Å²) in [5, 5.41) is 10.2. The highest BCUT2D eigenvalue weighted by molar-refractivity contribution is 5.90. The largest absolute Gasteiger partial charge is 0.455 e. The highest BCUT2D eigenvalue weighted by Gasteiger charge is 2.24. The van der Waals surface area contributed by atoms with Crippen molar-refractivity contribution in [3.63, 3.8) is 0 Å². The first-order valence-corrected chi connectivity index (χ1v) is 12.5. The summed E-state index contributed by atoms with van der Waals surface area (Å²) < 4.78 is 37.9. The fourth-order valence-corrected chi connectivity index (χ4v) is 3.63. The molecular formula is C25H46O9. The van der Waals surface area contributed by atoms with Gasteiger partial charge < -0.3 is 38.3 Å². The van der Waals surface area contributed by atoms with Crippen LogP contribution >= 0.6 is 0 Å². The molecule has 0 amide bonds. The van der Waals surface area contributed by atoms with Crippen molar-refractivity contribution >= 4 is 5.97 Å². The minimum absolute atomic E-state index is 0.0343. The van der Waals surface area contributed by atoms with E-state index in [1.807, 2.05) is 6.92 Å². The third kappa shape index (κ3) is 15.0. The van der Waals surface area contributed by atoms with Gasteiger partial charge in [0, 0.05) is 26.2 Å². The monoisotopic (exact) mass is 490 g/mol. The molecule has 1 aliphatic rings. The Labute approximate surface area is 205 Å². The Balaban J connectivity index is 2.18. The summed E-state index contributed by atoms with van der Waals surface area (Å²) >= 11 is 0. The zero-order valence-corrected chi connectivity index (χ0v) is 21.5. The van der Waals surface area contributed by atoms with E-state index in [4.69, 9.17) is 33.2 Å². The van der Waals surface area contributed by atoms with Crippen LogP contribution in [0.5, 0.6) is 0 Å².